The summed E-state index contributed by atoms with van der Waals surface area (Å²) in [5.41, 5.74) is 2.36. The fraction of sp³-hybridized carbons (Fsp3) is 0.706. The molecule has 0 aliphatic carbocycles. The second kappa shape index (κ2) is 8.16. The Morgan fingerprint density at radius 2 is 2.17 bits per heavy atom. The summed E-state index contributed by atoms with van der Waals surface area (Å²) in [4.78, 5) is 24.1. The van der Waals surface area contributed by atoms with E-state index >= 15 is 0 Å². The topological polar surface area (TPSA) is 52.6 Å². The molecular weight excluding hydrogens is 322 g/mol. The molecule has 1 fully saturated rings. The summed E-state index contributed by atoms with van der Waals surface area (Å²) in [6.07, 6.45) is 8.51. The van der Waals surface area contributed by atoms with Crippen molar-refractivity contribution in [2.45, 2.75) is 38.6 Å². The van der Waals surface area contributed by atoms with E-state index in [0.29, 0.717) is 0 Å². The second-order valence-corrected chi connectivity index (χ2v) is 7.49. The number of carbonyl (C=O) groups is 1. The molecule has 0 radical (unpaired) electrons. The third kappa shape index (κ3) is 4.39. The number of amides is 1. The van der Waals surface area contributed by atoms with Gasteiger partial charge < -0.3 is 9.80 Å². The van der Waals surface area contributed by atoms with Gasteiger partial charge in [0.15, 0.2) is 0 Å². The van der Waals surface area contributed by atoms with E-state index in [4.69, 9.17) is 4.98 Å². The minimum atomic E-state index is 0.750. The van der Waals surface area contributed by atoms with Crippen molar-refractivity contribution >= 4 is 25.2 Å². The second-order valence-electron chi connectivity index (χ2n) is 6.93. The summed E-state index contributed by atoms with van der Waals surface area (Å²) in [6, 6.07) is 0. The molecule has 2 aliphatic rings. The van der Waals surface area contributed by atoms with Gasteiger partial charge in [0.05, 0.1) is 5.69 Å². The van der Waals surface area contributed by atoms with E-state index in [0.717, 1.165) is 76.7 Å². The van der Waals surface area contributed by atoms with Gasteiger partial charge in [-0.1, -0.05) is 12.8 Å². The molecule has 132 valence electrons. The Morgan fingerprint density at radius 3 is 2.92 bits per heavy atom. The number of fused-ring (bicyclic) bond motifs is 1. The standard InChI is InChI=1S/C17H27N5OS/c1-20(7-2-3-14-4-8-21(13-23)9-5-14)17-18-11-15-12-22(24)10-6-16(15)19-17/h11,13-14,24H,2-10,12H2,1H3. The molecular formula is C17H27N5OS. The Kier molecular flexibility index (Phi) is 5.94. The molecule has 2 aliphatic heterocycles. The first-order chi connectivity index (χ1) is 11.7. The van der Waals surface area contributed by atoms with Gasteiger partial charge in [0, 0.05) is 58.0 Å². The first-order valence-electron chi connectivity index (χ1n) is 8.85. The Bertz CT molecular complexity index is 562. The molecule has 24 heavy (non-hydrogen) atoms. The lowest BCUT2D eigenvalue weighted by Gasteiger charge is -2.29. The van der Waals surface area contributed by atoms with Gasteiger partial charge in [0.25, 0.3) is 0 Å². The van der Waals surface area contributed by atoms with Gasteiger partial charge in [0.2, 0.25) is 12.4 Å². The maximum absolute atomic E-state index is 10.7. The van der Waals surface area contributed by atoms with E-state index in [1.165, 1.54) is 17.7 Å². The van der Waals surface area contributed by atoms with Crippen molar-refractivity contribution in [1.29, 1.82) is 0 Å². The molecule has 7 heteroatoms. The van der Waals surface area contributed by atoms with Crippen LogP contribution in [-0.4, -0.2) is 58.8 Å². The van der Waals surface area contributed by atoms with Crippen LogP contribution >= 0.6 is 12.8 Å². The first-order valence-corrected chi connectivity index (χ1v) is 9.25. The number of piperidine rings is 1. The number of hydrogen-bond acceptors (Lipinski definition) is 6. The van der Waals surface area contributed by atoms with E-state index in [1.807, 2.05) is 15.4 Å². The number of hydrogen-bond donors (Lipinski definition) is 1. The molecule has 0 spiro atoms. The zero-order valence-electron chi connectivity index (χ0n) is 14.4. The quantitative estimate of drug-likeness (QED) is 0.627. The zero-order chi connectivity index (χ0) is 16.9. The average molecular weight is 350 g/mol. The number of nitrogens with zero attached hydrogens (tertiary/aromatic N) is 5. The van der Waals surface area contributed by atoms with Crippen LogP contribution in [0.4, 0.5) is 5.95 Å². The zero-order valence-corrected chi connectivity index (χ0v) is 15.3. The molecule has 1 saturated heterocycles. The highest BCUT2D eigenvalue weighted by atomic mass is 32.1. The molecule has 0 saturated carbocycles. The molecule has 6 nitrogen and oxygen atoms in total. The molecule has 1 amide bonds. The number of carbonyl (C=O) groups excluding carboxylic acids is 1. The lowest BCUT2D eigenvalue weighted by atomic mass is 9.92. The molecule has 0 N–H and O–H groups in total. The molecule has 1 aromatic rings. The van der Waals surface area contributed by atoms with Crippen molar-refractivity contribution in [2.75, 3.05) is 38.1 Å². The van der Waals surface area contributed by atoms with E-state index in [-0.39, 0.29) is 0 Å². The van der Waals surface area contributed by atoms with Crippen molar-refractivity contribution in [1.82, 2.24) is 19.2 Å². The molecule has 0 atom stereocenters. The number of aromatic nitrogens is 2. The lowest BCUT2D eigenvalue weighted by Crippen LogP contribution is -2.32. The third-order valence-corrected chi connectivity index (χ3v) is 5.49. The van der Waals surface area contributed by atoms with Crippen LogP contribution in [0, 0.1) is 5.92 Å². The van der Waals surface area contributed by atoms with Gasteiger partial charge in [-0.15, -0.1) is 0 Å². The van der Waals surface area contributed by atoms with Gasteiger partial charge in [-0.2, -0.15) is 0 Å². The van der Waals surface area contributed by atoms with Crippen LogP contribution in [0.3, 0.4) is 0 Å². The van der Waals surface area contributed by atoms with Gasteiger partial charge in [-0.25, -0.2) is 14.3 Å². The summed E-state index contributed by atoms with van der Waals surface area (Å²) >= 11 is 4.41. The minimum Gasteiger partial charge on any atom is -0.345 e. The SMILES string of the molecule is CN(CCCC1CCN(C=O)CC1)c1ncc2c(n1)CCN(S)C2. The highest BCUT2D eigenvalue weighted by molar-refractivity contribution is 7.77. The Labute approximate surface area is 149 Å². The minimum absolute atomic E-state index is 0.750. The van der Waals surface area contributed by atoms with Crippen molar-refractivity contribution in [3.05, 3.63) is 17.5 Å². The third-order valence-electron chi connectivity index (χ3n) is 5.15. The Hall–Kier alpha value is -1.34. The summed E-state index contributed by atoms with van der Waals surface area (Å²) in [5.74, 6) is 1.58. The average Bonchev–Trinajstić information content (AvgIpc) is 2.61. The fourth-order valence-corrected chi connectivity index (χ4v) is 3.79. The fourth-order valence-electron chi connectivity index (χ4n) is 3.54. The summed E-state index contributed by atoms with van der Waals surface area (Å²) in [5, 5.41) is 0. The van der Waals surface area contributed by atoms with Crippen molar-refractivity contribution in [3.8, 4) is 0 Å². The maximum atomic E-state index is 10.7. The van der Waals surface area contributed by atoms with Crippen molar-refractivity contribution < 1.29 is 4.79 Å². The summed E-state index contributed by atoms with van der Waals surface area (Å²) in [7, 11) is 2.07. The predicted octanol–water partition coefficient (Wildman–Crippen LogP) is 1.76. The number of likely N-dealkylation sites (tertiary alicyclic amines) is 1. The van der Waals surface area contributed by atoms with Gasteiger partial charge >= 0.3 is 0 Å². The molecule has 0 aromatic carbocycles. The lowest BCUT2D eigenvalue weighted by molar-refractivity contribution is -0.119. The van der Waals surface area contributed by atoms with E-state index in [2.05, 4.69) is 29.7 Å². The molecule has 3 rings (SSSR count). The van der Waals surface area contributed by atoms with E-state index in [9.17, 15) is 4.79 Å². The van der Waals surface area contributed by atoms with Crippen molar-refractivity contribution in [3.63, 3.8) is 0 Å². The molecule has 1 aromatic heterocycles. The van der Waals surface area contributed by atoms with Crippen LogP contribution in [0.2, 0.25) is 0 Å². The maximum Gasteiger partial charge on any atom is 0.225 e. The van der Waals surface area contributed by atoms with Crippen LogP contribution in [-0.2, 0) is 17.8 Å². The van der Waals surface area contributed by atoms with Crippen LogP contribution in [0.15, 0.2) is 6.20 Å². The van der Waals surface area contributed by atoms with Crippen LogP contribution in [0.1, 0.15) is 36.9 Å². The Balaban J connectivity index is 1.45. The van der Waals surface area contributed by atoms with Crippen LogP contribution in [0.5, 0.6) is 0 Å². The Morgan fingerprint density at radius 1 is 1.38 bits per heavy atom. The number of anilines is 1. The van der Waals surface area contributed by atoms with Gasteiger partial charge in [0.1, 0.15) is 0 Å². The van der Waals surface area contributed by atoms with Gasteiger partial charge in [-0.3, -0.25) is 4.79 Å². The van der Waals surface area contributed by atoms with Crippen LogP contribution < -0.4 is 4.90 Å². The predicted molar refractivity (Wildman–Crippen MR) is 98.0 cm³/mol. The van der Waals surface area contributed by atoms with E-state index in [1.54, 1.807) is 0 Å². The van der Waals surface area contributed by atoms with Crippen LogP contribution in [0.25, 0.3) is 0 Å². The molecule has 0 bridgehead atoms. The highest BCUT2D eigenvalue weighted by Crippen LogP contribution is 2.22. The van der Waals surface area contributed by atoms with Crippen molar-refractivity contribution in [2.24, 2.45) is 5.92 Å². The smallest absolute Gasteiger partial charge is 0.225 e. The van der Waals surface area contributed by atoms with Gasteiger partial charge in [-0.05, 0) is 31.6 Å². The normalized spacial score (nSPS) is 19.2. The van der Waals surface area contributed by atoms with E-state index < -0.39 is 0 Å². The monoisotopic (exact) mass is 349 g/mol. The number of rotatable bonds is 6. The molecule has 3 heterocycles. The number of thiol groups is 1. The molecule has 0 unspecified atom stereocenters. The first kappa shape index (κ1) is 17.5. The largest absolute Gasteiger partial charge is 0.345 e. The summed E-state index contributed by atoms with van der Waals surface area (Å²) in [6.45, 7) is 4.57. The highest BCUT2D eigenvalue weighted by Gasteiger charge is 2.19. The summed E-state index contributed by atoms with van der Waals surface area (Å²) < 4.78 is 2.00.